The number of thiocarbonyl (C=S) groups is 1. The van der Waals surface area contributed by atoms with Gasteiger partial charge in [0.1, 0.15) is 0 Å². The number of hydrogen-bond donors (Lipinski definition) is 3. The van der Waals surface area contributed by atoms with E-state index in [4.69, 9.17) is 29.0 Å². The Balaban J connectivity index is 1.89. The molecule has 2 aromatic carbocycles. The monoisotopic (exact) mass is 355 g/mol. The van der Waals surface area contributed by atoms with Crippen LogP contribution in [-0.4, -0.2) is 13.5 Å². The number of nitrogens with one attached hydrogen (secondary N) is 2. The molecule has 8 heteroatoms. The van der Waals surface area contributed by atoms with Crippen LogP contribution >= 0.6 is 23.8 Å². The Morgan fingerprint density at radius 1 is 1.09 bits per heavy atom. The first-order valence-corrected chi connectivity index (χ1v) is 8.60. The van der Waals surface area contributed by atoms with E-state index in [0.29, 0.717) is 16.7 Å². The number of anilines is 1. The first kappa shape index (κ1) is 16.7. The van der Waals surface area contributed by atoms with E-state index >= 15 is 0 Å². The lowest BCUT2D eigenvalue weighted by molar-refractivity contribution is 0.597. The molecule has 0 bridgehead atoms. The summed E-state index contributed by atoms with van der Waals surface area (Å²) in [7, 11) is -3.66. The summed E-state index contributed by atoms with van der Waals surface area (Å²) in [4.78, 5) is 0.0816. The molecule has 0 aromatic heterocycles. The second kappa shape index (κ2) is 7.06. The molecule has 0 saturated carbocycles. The predicted molar refractivity (Wildman–Crippen MR) is 92.3 cm³/mol. The quantitative estimate of drug-likeness (QED) is 0.734. The Kier molecular flexibility index (Phi) is 5.36. The van der Waals surface area contributed by atoms with Crippen LogP contribution in [0.5, 0.6) is 0 Å². The maximum absolute atomic E-state index is 11.2. The summed E-state index contributed by atoms with van der Waals surface area (Å²) in [6.07, 6.45) is 0. The number of hydrogen-bond acceptors (Lipinski definition) is 3. The maximum atomic E-state index is 11.2. The highest BCUT2D eigenvalue weighted by Crippen LogP contribution is 2.13. The number of halogens is 1. The Hall–Kier alpha value is -1.67. The number of rotatable bonds is 4. The lowest BCUT2D eigenvalue weighted by Crippen LogP contribution is -2.27. The molecule has 0 saturated heterocycles. The Bertz CT molecular complexity index is 760. The normalized spacial score (nSPS) is 11.0. The molecule has 2 aromatic rings. The van der Waals surface area contributed by atoms with Gasteiger partial charge < -0.3 is 10.6 Å². The van der Waals surface area contributed by atoms with Crippen molar-refractivity contribution in [1.29, 1.82) is 0 Å². The van der Waals surface area contributed by atoms with Gasteiger partial charge in [0.2, 0.25) is 10.0 Å². The van der Waals surface area contributed by atoms with Gasteiger partial charge in [-0.2, -0.15) is 0 Å². The van der Waals surface area contributed by atoms with E-state index in [9.17, 15) is 8.42 Å². The van der Waals surface area contributed by atoms with Crippen molar-refractivity contribution in [2.24, 2.45) is 5.14 Å². The third-order valence-electron chi connectivity index (χ3n) is 2.81. The van der Waals surface area contributed by atoms with Crippen LogP contribution < -0.4 is 15.8 Å². The van der Waals surface area contributed by atoms with Crippen molar-refractivity contribution in [3.8, 4) is 0 Å². The average molecular weight is 356 g/mol. The van der Waals surface area contributed by atoms with Gasteiger partial charge in [-0.3, -0.25) is 0 Å². The van der Waals surface area contributed by atoms with Gasteiger partial charge in [0.15, 0.2) is 5.11 Å². The minimum atomic E-state index is -3.66. The Morgan fingerprint density at radius 2 is 1.68 bits per heavy atom. The fraction of sp³-hybridized carbons (Fsp3) is 0.0714. The fourth-order valence-electron chi connectivity index (χ4n) is 1.69. The minimum Gasteiger partial charge on any atom is -0.358 e. The number of nitrogens with two attached hydrogens (primary N) is 1. The summed E-state index contributed by atoms with van der Waals surface area (Å²) in [5, 5.41) is 12.2. The lowest BCUT2D eigenvalue weighted by Gasteiger charge is -2.11. The van der Waals surface area contributed by atoms with Crippen molar-refractivity contribution in [3.63, 3.8) is 0 Å². The summed E-state index contributed by atoms with van der Waals surface area (Å²) < 4.78 is 22.3. The largest absolute Gasteiger partial charge is 0.358 e. The van der Waals surface area contributed by atoms with Gasteiger partial charge in [-0.25, -0.2) is 13.6 Å². The van der Waals surface area contributed by atoms with Gasteiger partial charge in [0.25, 0.3) is 0 Å². The van der Waals surface area contributed by atoms with E-state index in [2.05, 4.69) is 10.6 Å². The highest BCUT2D eigenvalue weighted by Gasteiger charge is 2.06. The van der Waals surface area contributed by atoms with E-state index < -0.39 is 10.0 Å². The maximum Gasteiger partial charge on any atom is 0.238 e. The molecule has 2 rings (SSSR count). The van der Waals surface area contributed by atoms with Crippen molar-refractivity contribution in [2.45, 2.75) is 11.4 Å². The predicted octanol–water partition coefficient (Wildman–Crippen LogP) is 2.47. The molecule has 0 aliphatic heterocycles. The van der Waals surface area contributed by atoms with Crippen LogP contribution in [0.3, 0.4) is 0 Å². The second-order valence-corrected chi connectivity index (χ2v) is 6.91. The molecule has 0 spiro atoms. The fourth-order valence-corrected chi connectivity index (χ4v) is 2.52. The van der Waals surface area contributed by atoms with Crippen LogP contribution in [0, 0.1) is 0 Å². The van der Waals surface area contributed by atoms with Crippen LogP contribution in [0.25, 0.3) is 0 Å². The molecular weight excluding hydrogens is 342 g/mol. The Morgan fingerprint density at radius 3 is 2.23 bits per heavy atom. The topological polar surface area (TPSA) is 84.2 Å². The molecule has 0 heterocycles. The van der Waals surface area contributed by atoms with E-state index in [-0.39, 0.29) is 4.90 Å². The van der Waals surface area contributed by atoms with Gasteiger partial charge in [0, 0.05) is 17.3 Å². The number of benzene rings is 2. The highest BCUT2D eigenvalue weighted by atomic mass is 35.5. The molecule has 0 fully saturated rings. The molecule has 5 nitrogen and oxygen atoms in total. The van der Waals surface area contributed by atoms with Crippen molar-refractivity contribution in [2.75, 3.05) is 5.32 Å². The van der Waals surface area contributed by atoms with Gasteiger partial charge >= 0.3 is 0 Å². The van der Waals surface area contributed by atoms with Crippen molar-refractivity contribution in [1.82, 2.24) is 5.32 Å². The third kappa shape index (κ3) is 4.96. The van der Waals surface area contributed by atoms with Gasteiger partial charge in [-0.1, -0.05) is 23.7 Å². The molecule has 116 valence electrons. The number of primary sulfonamides is 1. The van der Waals surface area contributed by atoms with Crippen LogP contribution in [0.4, 0.5) is 5.69 Å². The summed E-state index contributed by atoms with van der Waals surface area (Å²) in [6, 6.07) is 13.4. The molecule has 0 aliphatic rings. The molecule has 0 unspecified atom stereocenters. The zero-order chi connectivity index (χ0) is 16.2. The summed E-state index contributed by atoms with van der Waals surface area (Å²) in [5.41, 5.74) is 1.71. The molecule has 4 N–H and O–H groups in total. The first-order valence-electron chi connectivity index (χ1n) is 6.27. The summed E-state index contributed by atoms with van der Waals surface area (Å²) in [6.45, 7) is 0.463. The van der Waals surface area contributed by atoms with Crippen molar-refractivity contribution >= 4 is 44.6 Å². The molecule has 0 radical (unpaired) electrons. The van der Waals surface area contributed by atoms with Crippen LogP contribution in [0.15, 0.2) is 53.4 Å². The zero-order valence-corrected chi connectivity index (χ0v) is 13.8. The second-order valence-electron chi connectivity index (χ2n) is 4.50. The smallest absolute Gasteiger partial charge is 0.238 e. The lowest BCUT2D eigenvalue weighted by atomic mass is 10.2. The van der Waals surface area contributed by atoms with E-state index in [1.165, 1.54) is 12.1 Å². The van der Waals surface area contributed by atoms with E-state index in [1.54, 1.807) is 24.3 Å². The van der Waals surface area contributed by atoms with Gasteiger partial charge in [0.05, 0.1) is 4.90 Å². The summed E-state index contributed by atoms with van der Waals surface area (Å²) in [5.74, 6) is 0. The SMILES string of the molecule is NS(=O)(=O)c1ccc(CNC(=S)Nc2ccc(Cl)cc2)cc1. The zero-order valence-electron chi connectivity index (χ0n) is 11.4. The molecule has 0 amide bonds. The van der Waals surface area contributed by atoms with Crippen molar-refractivity contribution < 1.29 is 8.42 Å². The van der Waals surface area contributed by atoms with Crippen LogP contribution in [-0.2, 0) is 16.6 Å². The number of sulfonamides is 1. The van der Waals surface area contributed by atoms with Crippen LogP contribution in [0.2, 0.25) is 5.02 Å². The van der Waals surface area contributed by atoms with Gasteiger partial charge in [-0.15, -0.1) is 0 Å². The Labute approximate surface area is 139 Å². The van der Waals surface area contributed by atoms with Crippen LogP contribution in [0.1, 0.15) is 5.56 Å². The van der Waals surface area contributed by atoms with E-state index in [1.807, 2.05) is 12.1 Å². The average Bonchev–Trinajstić information content (AvgIpc) is 2.47. The molecule has 0 aliphatic carbocycles. The molecule has 22 heavy (non-hydrogen) atoms. The summed E-state index contributed by atoms with van der Waals surface area (Å²) >= 11 is 11.0. The molecule has 0 atom stereocenters. The molecular formula is C14H14ClN3O2S2. The minimum absolute atomic E-state index is 0.0816. The van der Waals surface area contributed by atoms with E-state index in [0.717, 1.165) is 11.3 Å². The highest BCUT2D eigenvalue weighted by molar-refractivity contribution is 7.89. The van der Waals surface area contributed by atoms with Crippen molar-refractivity contribution in [3.05, 3.63) is 59.1 Å². The first-order chi connectivity index (χ1) is 10.3. The third-order valence-corrected chi connectivity index (χ3v) is 4.23. The standard InChI is InChI=1S/C14H14ClN3O2S2/c15-11-3-5-12(6-4-11)18-14(21)17-9-10-1-7-13(8-2-10)22(16,19)20/h1-8H,9H2,(H2,16,19,20)(H2,17,18,21). The van der Waals surface area contributed by atoms with Gasteiger partial charge in [-0.05, 0) is 54.2 Å².